The number of rotatable bonds is 9. The molecule has 1 aromatic heterocycles. The monoisotopic (exact) mass is 253 g/mol. The van der Waals surface area contributed by atoms with Gasteiger partial charge in [-0.05, 0) is 54.1 Å². The van der Waals surface area contributed by atoms with Crippen LogP contribution in [0, 0.1) is 5.92 Å². The molecule has 0 aliphatic carbocycles. The zero-order valence-electron chi connectivity index (χ0n) is 11.5. The highest BCUT2D eigenvalue weighted by atomic mass is 32.1. The maximum Gasteiger partial charge on any atom is 0.0356 e. The van der Waals surface area contributed by atoms with Crippen molar-refractivity contribution in [3.05, 3.63) is 22.4 Å². The maximum atomic E-state index is 3.75. The Morgan fingerprint density at radius 1 is 1.12 bits per heavy atom. The van der Waals surface area contributed by atoms with E-state index in [2.05, 4.69) is 42.9 Å². The van der Waals surface area contributed by atoms with E-state index in [1.54, 1.807) is 0 Å². The Morgan fingerprint density at radius 2 is 1.82 bits per heavy atom. The van der Waals surface area contributed by atoms with Crippen LogP contribution in [0.1, 0.15) is 64.5 Å². The quantitative estimate of drug-likeness (QED) is 0.652. The van der Waals surface area contributed by atoms with E-state index in [4.69, 9.17) is 0 Å². The van der Waals surface area contributed by atoms with Gasteiger partial charge in [0.2, 0.25) is 0 Å². The third kappa shape index (κ3) is 4.81. The van der Waals surface area contributed by atoms with E-state index in [9.17, 15) is 0 Å². The Labute approximate surface area is 111 Å². The van der Waals surface area contributed by atoms with Crippen LogP contribution < -0.4 is 5.32 Å². The molecule has 1 rings (SSSR count). The van der Waals surface area contributed by atoms with Gasteiger partial charge in [0.25, 0.3) is 0 Å². The Morgan fingerprint density at radius 3 is 2.29 bits per heavy atom. The summed E-state index contributed by atoms with van der Waals surface area (Å²) in [7, 11) is 0. The first kappa shape index (κ1) is 14.7. The van der Waals surface area contributed by atoms with Gasteiger partial charge in [-0.2, -0.15) is 11.3 Å². The fourth-order valence-corrected chi connectivity index (χ4v) is 3.22. The third-order valence-corrected chi connectivity index (χ3v) is 4.01. The van der Waals surface area contributed by atoms with E-state index < -0.39 is 0 Å². The normalized spacial score (nSPS) is 13.2. The lowest BCUT2D eigenvalue weighted by atomic mass is 9.87. The number of hydrogen-bond donors (Lipinski definition) is 1. The van der Waals surface area contributed by atoms with Crippen molar-refractivity contribution in [1.29, 1.82) is 0 Å². The Hall–Kier alpha value is -0.340. The molecule has 0 amide bonds. The summed E-state index contributed by atoms with van der Waals surface area (Å²) in [4.78, 5) is 0. The molecule has 98 valence electrons. The van der Waals surface area contributed by atoms with Gasteiger partial charge in [0.05, 0.1) is 0 Å². The molecule has 0 radical (unpaired) electrons. The van der Waals surface area contributed by atoms with E-state index in [1.165, 1.54) is 37.7 Å². The number of nitrogens with one attached hydrogen (secondary N) is 1. The molecular weight excluding hydrogens is 226 g/mol. The molecule has 0 spiro atoms. The highest BCUT2D eigenvalue weighted by Crippen LogP contribution is 2.30. The zero-order chi connectivity index (χ0) is 12.5. The Bertz CT molecular complexity index is 262. The number of hydrogen-bond acceptors (Lipinski definition) is 2. The molecule has 0 saturated heterocycles. The lowest BCUT2D eigenvalue weighted by Gasteiger charge is -2.27. The van der Waals surface area contributed by atoms with E-state index in [0.29, 0.717) is 6.04 Å². The van der Waals surface area contributed by atoms with Gasteiger partial charge >= 0.3 is 0 Å². The summed E-state index contributed by atoms with van der Waals surface area (Å²) in [6, 6.07) is 2.86. The lowest BCUT2D eigenvalue weighted by Crippen LogP contribution is -2.28. The second kappa shape index (κ2) is 8.71. The molecule has 2 heteroatoms. The van der Waals surface area contributed by atoms with Gasteiger partial charge in [-0.25, -0.2) is 0 Å². The van der Waals surface area contributed by atoms with Crippen LogP contribution in [-0.4, -0.2) is 6.54 Å². The van der Waals surface area contributed by atoms with E-state index in [0.717, 1.165) is 12.5 Å². The van der Waals surface area contributed by atoms with Gasteiger partial charge in [-0.15, -0.1) is 0 Å². The molecule has 1 N–H and O–H groups in total. The number of thiophene rings is 1. The van der Waals surface area contributed by atoms with Gasteiger partial charge in [-0.1, -0.05) is 33.6 Å². The largest absolute Gasteiger partial charge is 0.310 e. The van der Waals surface area contributed by atoms with Crippen molar-refractivity contribution >= 4 is 11.3 Å². The lowest BCUT2D eigenvalue weighted by molar-refractivity contribution is 0.317. The smallest absolute Gasteiger partial charge is 0.0356 e. The fraction of sp³-hybridized carbons (Fsp3) is 0.733. The van der Waals surface area contributed by atoms with Crippen LogP contribution >= 0.6 is 11.3 Å². The first-order chi connectivity index (χ1) is 8.33. The minimum Gasteiger partial charge on any atom is -0.310 e. The molecule has 0 saturated carbocycles. The van der Waals surface area contributed by atoms with Crippen LogP contribution in [0.15, 0.2) is 16.8 Å². The van der Waals surface area contributed by atoms with Crippen molar-refractivity contribution in [2.45, 2.75) is 58.9 Å². The van der Waals surface area contributed by atoms with Crippen LogP contribution in [0.25, 0.3) is 0 Å². The van der Waals surface area contributed by atoms with Crippen molar-refractivity contribution in [2.24, 2.45) is 5.92 Å². The van der Waals surface area contributed by atoms with Crippen LogP contribution in [0.2, 0.25) is 0 Å². The summed E-state index contributed by atoms with van der Waals surface area (Å²) in [6.07, 6.45) is 6.47. The van der Waals surface area contributed by atoms with Crippen LogP contribution in [-0.2, 0) is 0 Å². The summed E-state index contributed by atoms with van der Waals surface area (Å²) in [5.41, 5.74) is 1.50. The Kier molecular flexibility index (Phi) is 7.54. The first-order valence-corrected chi connectivity index (χ1v) is 8.03. The van der Waals surface area contributed by atoms with E-state index in [1.807, 2.05) is 11.3 Å². The second-order valence-electron chi connectivity index (χ2n) is 4.83. The standard InChI is InChI=1S/C15H27NS/c1-4-7-13(8-5-2)15(16-10-6-3)14-9-11-17-12-14/h9,11-13,15-16H,4-8,10H2,1-3H3. The molecule has 1 nitrogen and oxygen atoms in total. The summed E-state index contributed by atoms with van der Waals surface area (Å²) in [6.45, 7) is 7.97. The maximum absolute atomic E-state index is 3.75. The van der Waals surface area contributed by atoms with Crippen molar-refractivity contribution in [1.82, 2.24) is 5.32 Å². The summed E-state index contributed by atoms with van der Waals surface area (Å²) >= 11 is 1.81. The topological polar surface area (TPSA) is 12.0 Å². The molecule has 0 aromatic carbocycles. The molecule has 0 aliphatic rings. The molecule has 1 atom stereocenters. The van der Waals surface area contributed by atoms with Gasteiger partial charge in [-0.3, -0.25) is 0 Å². The molecular formula is C15H27NS. The predicted octanol–water partition coefficient (Wildman–Crippen LogP) is 5.01. The SMILES string of the molecule is CCCNC(c1ccsc1)C(CCC)CCC. The average molecular weight is 253 g/mol. The highest BCUT2D eigenvalue weighted by Gasteiger charge is 2.21. The fourth-order valence-electron chi connectivity index (χ4n) is 2.53. The minimum absolute atomic E-state index is 0.570. The first-order valence-electron chi connectivity index (χ1n) is 7.08. The van der Waals surface area contributed by atoms with Crippen LogP contribution in [0.4, 0.5) is 0 Å². The van der Waals surface area contributed by atoms with Crippen molar-refractivity contribution in [2.75, 3.05) is 6.54 Å². The van der Waals surface area contributed by atoms with E-state index >= 15 is 0 Å². The van der Waals surface area contributed by atoms with Gasteiger partial charge < -0.3 is 5.32 Å². The molecule has 0 bridgehead atoms. The van der Waals surface area contributed by atoms with Gasteiger partial charge in [0.1, 0.15) is 0 Å². The van der Waals surface area contributed by atoms with Crippen molar-refractivity contribution < 1.29 is 0 Å². The average Bonchev–Trinajstić information content (AvgIpc) is 2.84. The van der Waals surface area contributed by atoms with Crippen LogP contribution in [0.3, 0.4) is 0 Å². The van der Waals surface area contributed by atoms with Crippen molar-refractivity contribution in [3.63, 3.8) is 0 Å². The van der Waals surface area contributed by atoms with Crippen LogP contribution in [0.5, 0.6) is 0 Å². The predicted molar refractivity (Wildman–Crippen MR) is 78.7 cm³/mol. The Balaban J connectivity index is 2.71. The highest BCUT2D eigenvalue weighted by molar-refractivity contribution is 7.07. The molecule has 1 unspecified atom stereocenters. The molecule has 1 aromatic rings. The van der Waals surface area contributed by atoms with Gasteiger partial charge in [0, 0.05) is 6.04 Å². The molecule has 0 fully saturated rings. The molecule has 1 heterocycles. The molecule has 0 aliphatic heterocycles. The third-order valence-electron chi connectivity index (χ3n) is 3.31. The van der Waals surface area contributed by atoms with E-state index in [-0.39, 0.29) is 0 Å². The zero-order valence-corrected chi connectivity index (χ0v) is 12.4. The summed E-state index contributed by atoms with van der Waals surface area (Å²) in [5, 5.41) is 8.26. The molecule has 17 heavy (non-hydrogen) atoms. The summed E-state index contributed by atoms with van der Waals surface area (Å²) < 4.78 is 0. The van der Waals surface area contributed by atoms with Crippen molar-refractivity contribution in [3.8, 4) is 0 Å². The van der Waals surface area contributed by atoms with Gasteiger partial charge in [0.15, 0.2) is 0 Å². The summed E-state index contributed by atoms with van der Waals surface area (Å²) in [5.74, 6) is 0.797. The second-order valence-corrected chi connectivity index (χ2v) is 5.61. The minimum atomic E-state index is 0.570.